The summed E-state index contributed by atoms with van der Waals surface area (Å²) in [6, 6.07) is 12.3. The Morgan fingerprint density at radius 1 is 1.00 bits per heavy atom. The van der Waals surface area contributed by atoms with Crippen LogP contribution in [0.25, 0.3) is 0 Å². The highest BCUT2D eigenvalue weighted by Crippen LogP contribution is 2.29. The highest BCUT2D eigenvalue weighted by molar-refractivity contribution is 5.92. The maximum absolute atomic E-state index is 12.6. The van der Waals surface area contributed by atoms with Crippen molar-refractivity contribution in [1.29, 1.82) is 0 Å². The molecule has 1 N–H and O–H groups in total. The number of rotatable bonds is 5. The Balaban J connectivity index is 1.47. The number of hydrogen-bond acceptors (Lipinski definition) is 4. The number of carbonyl (C=O) groups is 1. The molecule has 0 atom stereocenters. The van der Waals surface area contributed by atoms with Crippen LogP contribution in [0.15, 0.2) is 48.5 Å². The maximum Gasteiger partial charge on any atom is 0.416 e. The molecule has 0 saturated carbocycles. The standard InChI is InChI=1S/C20H22F3N3O2/c1-28-18-8-6-17(7-9-18)26-12-10-25(11-13-26)14-19(27)24-16-4-2-15(3-5-16)20(21,22)23/h2-9H,10-14H2,1H3,(H,24,27). The summed E-state index contributed by atoms with van der Waals surface area (Å²) < 4.78 is 42.9. The van der Waals surface area contributed by atoms with Gasteiger partial charge in [0.1, 0.15) is 5.75 Å². The van der Waals surface area contributed by atoms with Crippen molar-refractivity contribution in [2.24, 2.45) is 0 Å². The van der Waals surface area contributed by atoms with Crippen LogP contribution in [0, 0.1) is 0 Å². The predicted octanol–water partition coefficient (Wildman–Crippen LogP) is 3.47. The van der Waals surface area contributed by atoms with E-state index in [-0.39, 0.29) is 12.5 Å². The number of piperazine rings is 1. The highest BCUT2D eigenvalue weighted by Gasteiger charge is 2.30. The molecule has 8 heteroatoms. The predicted molar refractivity (Wildman–Crippen MR) is 102 cm³/mol. The molecule has 1 saturated heterocycles. The van der Waals surface area contributed by atoms with E-state index >= 15 is 0 Å². The number of ether oxygens (including phenoxy) is 1. The fourth-order valence-corrected chi connectivity index (χ4v) is 3.10. The van der Waals surface area contributed by atoms with E-state index in [1.54, 1.807) is 7.11 Å². The first-order valence-corrected chi connectivity index (χ1v) is 8.93. The van der Waals surface area contributed by atoms with Gasteiger partial charge in [0.15, 0.2) is 0 Å². The summed E-state index contributed by atoms with van der Waals surface area (Å²) in [5.41, 5.74) is 0.727. The summed E-state index contributed by atoms with van der Waals surface area (Å²) in [7, 11) is 1.63. The number of benzene rings is 2. The Kier molecular flexibility index (Phi) is 6.08. The number of anilines is 2. The molecule has 2 aromatic rings. The van der Waals surface area contributed by atoms with Crippen molar-refractivity contribution in [3.63, 3.8) is 0 Å². The van der Waals surface area contributed by atoms with Gasteiger partial charge in [0.05, 0.1) is 19.2 Å². The molecule has 5 nitrogen and oxygen atoms in total. The van der Waals surface area contributed by atoms with Crippen molar-refractivity contribution < 1.29 is 22.7 Å². The summed E-state index contributed by atoms with van der Waals surface area (Å²) in [5.74, 6) is 0.569. The van der Waals surface area contributed by atoms with Crippen molar-refractivity contribution in [2.75, 3.05) is 50.1 Å². The lowest BCUT2D eigenvalue weighted by Crippen LogP contribution is -2.48. The van der Waals surface area contributed by atoms with Gasteiger partial charge in [-0.2, -0.15) is 13.2 Å². The van der Waals surface area contributed by atoms with E-state index < -0.39 is 11.7 Å². The molecule has 0 unspecified atom stereocenters. The molecule has 1 amide bonds. The lowest BCUT2D eigenvalue weighted by atomic mass is 10.2. The summed E-state index contributed by atoms with van der Waals surface area (Å²) >= 11 is 0. The molecule has 1 heterocycles. The lowest BCUT2D eigenvalue weighted by Gasteiger charge is -2.35. The van der Waals surface area contributed by atoms with Crippen LogP contribution in [0.3, 0.4) is 0 Å². The van der Waals surface area contributed by atoms with Gasteiger partial charge in [-0.25, -0.2) is 0 Å². The van der Waals surface area contributed by atoms with E-state index in [2.05, 4.69) is 10.2 Å². The fourth-order valence-electron chi connectivity index (χ4n) is 3.10. The van der Waals surface area contributed by atoms with Crippen LogP contribution in [-0.2, 0) is 11.0 Å². The van der Waals surface area contributed by atoms with E-state index in [0.29, 0.717) is 5.69 Å². The highest BCUT2D eigenvalue weighted by atomic mass is 19.4. The van der Waals surface area contributed by atoms with Gasteiger partial charge in [-0.15, -0.1) is 0 Å². The molecule has 2 aromatic carbocycles. The van der Waals surface area contributed by atoms with Gasteiger partial charge in [-0.3, -0.25) is 9.69 Å². The molecule has 3 rings (SSSR count). The van der Waals surface area contributed by atoms with E-state index in [0.717, 1.165) is 49.7 Å². The minimum absolute atomic E-state index is 0.206. The second-order valence-corrected chi connectivity index (χ2v) is 6.58. The molecule has 150 valence electrons. The summed E-state index contributed by atoms with van der Waals surface area (Å²) in [5, 5.41) is 2.65. The third-order valence-electron chi connectivity index (χ3n) is 4.67. The van der Waals surface area contributed by atoms with Gasteiger partial charge in [0.25, 0.3) is 0 Å². The molecule has 0 spiro atoms. The third kappa shape index (κ3) is 5.16. The van der Waals surface area contributed by atoms with Crippen LogP contribution in [0.2, 0.25) is 0 Å². The van der Waals surface area contributed by atoms with E-state index in [1.165, 1.54) is 12.1 Å². The van der Waals surface area contributed by atoms with Gasteiger partial charge in [-0.1, -0.05) is 0 Å². The first-order chi connectivity index (χ1) is 13.3. The average molecular weight is 393 g/mol. The number of amides is 1. The lowest BCUT2D eigenvalue weighted by molar-refractivity contribution is -0.137. The molecule has 0 bridgehead atoms. The van der Waals surface area contributed by atoms with Crippen molar-refractivity contribution in [2.45, 2.75) is 6.18 Å². The number of nitrogens with zero attached hydrogens (tertiary/aromatic N) is 2. The SMILES string of the molecule is COc1ccc(N2CCN(CC(=O)Nc3ccc(C(F)(F)F)cc3)CC2)cc1. The van der Waals surface area contributed by atoms with Crippen LogP contribution >= 0.6 is 0 Å². The zero-order valence-electron chi connectivity index (χ0n) is 15.5. The zero-order valence-corrected chi connectivity index (χ0v) is 15.5. The van der Waals surface area contributed by atoms with Gasteiger partial charge >= 0.3 is 6.18 Å². The van der Waals surface area contributed by atoms with Gasteiger partial charge in [0.2, 0.25) is 5.91 Å². The fraction of sp³-hybridized carbons (Fsp3) is 0.350. The number of nitrogens with one attached hydrogen (secondary N) is 1. The number of carbonyl (C=O) groups excluding carboxylic acids is 1. The molecule has 0 aliphatic carbocycles. The molecule has 0 aromatic heterocycles. The van der Waals surface area contributed by atoms with Crippen molar-refractivity contribution in [3.05, 3.63) is 54.1 Å². The Labute approximate surface area is 161 Å². The average Bonchev–Trinajstić information content (AvgIpc) is 2.68. The van der Waals surface area contributed by atoms with Crippen LogP contribution in [-0.4, -0.2) is 50.6 Å². The molecular formula is C20H22F3N3O2. The normalized spacial score (nSPS) is 15.4. The molecular weight excluding hydrogens is 371 g/mol. The van der Waals surface area contributed by atoms with Crippen LogP contribution in [0.4, 0.5) is 24.5 Å². The van der Waals surface area contributed by atoms with Crippen molar-refractivity contribution in [1.82, 2.24) is 4.90 Å². The monoisotopic (exact) mass is 393 g/mol. The van der Waals surface area contributed by atoms with Crippen LogP contribution in [0.5, 0.6) is 5.75 Å². The number of halogens is 3. The smallest absolute Gasteiger partial charge is 0.416 e. The number of hydrogen-bond donors (Lipinski definition) is 1. The van der Waals surface area contributed by atoms with E-state index in [1.807, 2.05) is 29.2 Å². The second-order valence-electron chi connectivity index (χ2n) is 6.58. The zero-order chi connectivity index (χ0) is 20.1. The molecule has 1 aliphatic heterocycles. The second kappa shape index (κ2) is 8.52. The first-order valence-electron chi connectivity index (χ1n) is 8.93. The third-order valence-corrected chi connectivity index (χ3v) is 4.67. The first kappa shape index (κ1) is 20.0. The summed E-state index contributed by atoms with van der Waals surface area (Å²) in [4.78, 5) is 16.4. The maximum atomic E-state index is 12.6. The quantitative estimate of drug-likeness (QED) is 0.845. The van der Waals surface area contributed by atoms with E-state index in [9.17, 15) is 18.0 Å². The van der Waals surface area contributed by atoms with Crippen LogP contribution < -0.4 is 15.0 Å². The Hall–Kier alpha value is -2.74. The Morgan fingerprint density at radius 3 is 2.14 bits per heavy atom. The Morgan fingerprint density at radius 2 is 1.61 bits per heavy atom. The number of alkyl halides is 3. The van der Waals surface area contributed by atoms with Gasteiger partial charge < -0.3 is 15.0 Å². The molecule has 1 aliphatic rings. The minimum atomic E-state index is -4.38. The molecule has 0 radical (unpaired) electrons. The summed E-state index contributed by atoms with van der Waals surface area (Å²) in [6.45, 7) is 3.25. The van der Waals surface area contributed by atoms with Crippen molar-refractivity contribution >= 4 is 17.3 Å². The number of methoxy groups -OCH3 is 1. The van der Waals surface area contributed by atoms with E-state index in [4.69, 9.17) is 4.74 Å². The summed E-state index contributed by atoms with van der Waals surface area (Å²) in [6.07, 6.45) is -4.38. The van der Waals surface area contributed by atoms with Gasteiger partial charge in [0, 0.05) is 37.6 Å². The minimum Gasteiger partial charge on any atom is -0.497 e. The van der Waals surface area contributed by atoms with Crippen molar-refractivity contribution in [3.8, 4) is 5.75 Å². The van der Waals surface area contributed by atoms with Gasteiger partial charge in [-0.05, 0) is 48.5 Å². The topological polar surface area (TPSA) is 44.8 Å². The van der Waals surface area contributed by atoms with Crippen LogP contribution in [0.1, 0.15) is 5.56 Å². The largest absolute Gasteiger partial charge is 0.497 e. The molecule has 28 heavy (non-hydrogen) atoms. The Bertz CT molecular complexity index is 784. The molecule has 1 fully saturated rings.